The third-order valence-corrected chi connectivity index (χ3v) is 6.66. The number of fused-ring (bicyclic) bond motifs is 2. The molecule has 10 nitrogen and oxygen atoms in total. The second-order valence-electron chi connectivity index (χ2n) is 8.49. The Morgan fingerprint density at radius 1 is 0.618 bits per heavy atom. The van der Waals surface area contributed by atoms with Crippen LogP contribution in [0.3, 0.4) is 0 Å². The Bertz CT molecular complexity index is 1240. The Morgan fingerprint density at radius 3 is 1.29 bits per heavy atom. The quantitative estimate of drug-likeness (QED) is 0.508. The fourth-order valence-electron chi connectivity index (χ4n) is 5.09. The zero-order valence-corrected chi connectivity index (χ0v) is 17.5. The van der Waals surface area contributed by atoms with Crippen molar-refractivity contribution in [2.24, 2.45) is 0 Å². The van der Waals surface area contributed by atoms with Crippen molar-refractivity contribution in [1.82, 2.24) is 0 Å². The first kappa shape index (κ1) is 21.5. The predicted molar refractivity (Wildman–Crippen MR) is 110 cm³/mol. The number of esters is 4. The molecule has 2 aromatic rings. The number of carboxylic acids is 2. The summed E-state index contributed by atoms with van der Waals surface area (Å²) in [4.78, 5) is 71.7. The van der Waals surface area contributed by atoms with Crippen molar-refractivity contribution in [3.05, 3.63) is 68.8 Å². The van der Waals surface area contributed by atoms with Gasteiger partial charge in [-0.2, -0.15) is 0 Å². The first-order chi connectivity index (χ1) is 16.2. The molecule has 0 atom stereocenters. The fraction of sp³-hybridized carbons (Fsp3) is 0.250. The number of hydrogen-bond acceptors (Lipinski definition) is 8. The number of carboxylic acid groups (broad SMARTS) is 2. The molecule has 2 heterocycles. The summed E-state index contributed by atoms with van der Waals surface area (Å²) in [6.45, 7) is 0. The summed E-state index contributed by atoms with van der Waals surface area (Å²) < 4.78 is 9.37. The van der Waals surface area contributed by atoms with Crippen molar-refractivity contribution in [1.29, 1.82) is 0 Å². The van der Waals surface area contributed by atoms with E-state index in [9.17, 15) is 39.0 Å². The van der Waals surface area contributed by atoms with Crippen molar-refractivity contribution < 1.29 is 48.5 Å². The SMILES string of the molecule is O=C(O)c1cc2c(c(C3CCC(c4cc(C(=O)O)cc5c4C(=O)OC5=O)CC3)c1)C(=O)OC2=O. The number of hydrogen-bond donors (Lipinski definition) is 2. The summed E-state index contributed by atoms with van der Waals surface area (Å²) in [6.07, 6.45) is 1.88. The lowest BCUT2D eigenvalue weighted by atomic mass is 9.73. The average molecular weight is 464 g/mol. The van der Waals surface area contributed by atoms with Gasteiger partial charge in [0.1, 0.15) is 0 Å². The van der Waals surface area contributed by atoms with Crippen LogP contribution in [0.25, 0.3) is 0 Å². The molecule has 1 fully saturated rings. The molecular weight excluding hydrogens is 448 g/mol. The first-order valence-electron chi connectivity index (χ1n) is 10.5. The maximum Gasteiger partial charge on any atom is 0.347 e. The Kier molecular flexibility index (Phi) is 4.82. The Morgan fingerprint density at radius 2 is 0.971 bits per heavy atom. The second kappa shape index (κ2) is 7.62. The summed E-state index contributed by atoms with van der Waals surface area (Å²) in [7, 11) is 0. The molecule has 0 bridgehead atoms. The predicted octanol–water partition coefficient (Wildman–Crippen LogP) is 3.15. The number of carbonyl (C=O) groups excluding carboxylic acids is 4. The van der Waals surface area contributed by atoms with E-state index >= 15 is 0 Å². The number of benzene rings is 2. The minimum Gasteiger partial charge on any atom is -0.478 e. The molecule has 2 aliphatic heterocycles. The van der Waals surface area contributed by atoms with Gasteiger partial charge in [0.05, 0.1) is 33.4 Å². The second-order valence-corrected chi connectivity index (χ2v) is 8.49. The Hall–Kier alpha value is -4.34. The van der Waals surface area contributed by atoms with Gasteiger partial charge in [0.25, 0.3) is 0 Å². The standard InChI is InChI=1S/C24H16O10/c25-19(26)11-5-13(17-15(7-11)21(29)33-23(17)31)9-1-2-10(4-3-9)14-6-12(20(27)28)8-16-18(14)24(32)34-22(16)30/h5-10H,1-4H2,(H,25,26)(H,27,28). The van der Waals surface area contributed by atoms with Crippen LogP contribution < -0.4 is 0 Å². The highest BCUT2D eigenvalue weighted by Gasteiger charge is 2.39. The number of cyclic esters (lactones) is 4. The fourth-order valence-corrected chi connectivity index (χ4v) is 5.09. The van der Waals surface area contributed by atoms with E-state index in [0.717, 1.165) is 12.1 Å². The lowest BCUT2D eigenvalue weighted by Crippen LogP contribution is -2.18. The molecule has 0 unspecified atom stereocenters. The van der Waals surface area contributed by atoms with Crippen LogP contribution in [-0.2, 0) is 9.47 Å². The highest BCUT2D eigenvalue weighted by molar-refractivity contribution is 6.17. The van der Waals surface area contributed by atoms with E-state index in [1.54, 1.807) is 0 Å². The molecule has 0 radical (unpaired) electrons. The van der Waals surface area contributed by atoms with E-state index in [4.69, 9.17) is 0 Å². The Labute approximate surface area is 191 Å². The molecule has 172 valence electrons. The van der Waals surface area contributed by atoms with E-state index in [2.05, 4.69) is 9.47 Å². The average Bonchev–Trinajstić information content (AvgIpc) is 3.27. The van der Waals surface area contributed by atoms with Crippen LogP contribution in [0, 0.1) is 0 Å². The molecule has 2 N–H and O–H groups in total. The van der Waals surface area contributed by atoms with E-state index in [1.807, 2.05) is 0 Å². The van der Waals surface area contributed by atoms with Gasteiger partial charge in [0.2, 0.25) is 0 Å². The minimum atomic E-state index is -1.24. The van der Waals surface area contributed by atoms with E-state index in [-0.39, 0.29) is 45.2 Å². The van der Waals surface area contributed by atoms with Crippen LogP contribution in [0.15, 0.2) is 24.3 Å². The van der Waals surface area contributed by atoms with Crippen LogP contribution in [0.4, 0.5) is 0 Å². The maximum atomic E-state index is 12.3. The summed E-state index contributed by atoms with van der Waals surface area (Å²) >= 11 is 0. The zero-order chi connectivity index (χ0) is 24.3. The number of aromatic carboxylic acids is 2. The van der Waals surface area contributed by atoms with E-state index in [1.165, 1.54) is 12.1 Å². The highest BCUT2D eigenvalue weighted by Crippen LogP contribution is 2.45. The monoisotopic (exact) mass is 464 g/mol. The number of rotatable bonds is 4. The third-order valence-electron chi connectivity index (χ3n) is 6.66. The molecule has 0 aromatic heterocycles. The van der Waals surface area contributed by atoms with Crippen molar-refractivity contribution in [3.8, 4) is 0 Å². The van der Waals surface area contributed by atoms with Crippen LogP contribution in [0.5, 0.6) is 0 Å². The normalized spacial score (nSPS) is 21.1. The summed E-state index contributed by atoms with van der Waals surface area (Å²) in [6, 6.07) is 5.02. The minimum absolute atomic E-state index is 0.0707. The van der Waals surface area contributed by atoms with Crippen LogP contribution >= 0.6 is 0 Å². The summed E-state index contributed by atoms with van der Waals surface area (Å²) in [5.74, 6) is -6.41. The highest BCUT2D eigenvalue weighted by atomic mass is 16.6. The van der Waals surface area contributed by atoms with E-state index < -0.39 is 35.8 Å². The molecule has 0 spiro atoms. The van der Waals surface area contributed by atoms with Crippen LogP contribution in [0.2, 0.25) is 0 Å². The summed E-state index contributed by atoms with van der Waals surface area (Å²) in [5, 5.41) is 18.9. The van der Waals surface area contributed by atoms with Gasteiger partial charge in [-0.15, -0.1) is 0 Å². The van der Waals surface area contributed by atoms with Gasteiger partial charge in [-0.3, -0.25) is 0 Å². The zero-order valence-electron chi connectivity index (χ0n) is 17.5. The molecule has 1 saturated carbocycles. The van der Waals surface area contributed by atoms with E-state index in [0.29, 0.717) is 36.8 Å². The van der Waals surface area contributed by atoms with Crippen LogP contribution in [-0.4, -0.2) is 46.0 Å². The van der Waals surface area contributed by atoms with Crippen LogP contribution in [0.1, 0.15) is 111 Å². The van der Waals surface area contributed by atoms with Gasteiger partial charge in [0.15, 0.2) is 0 Å². The topological polar surface area (TPSA) is 161 Å². The molecule has 1 aliphatic carbocycles. The third kappa shape index (κ3) is 3.26. The van der Waals surface area contributed by atoms with Gasteiger partial charge in [0, 0.05) is 0 Å². The Balaban J connectivity index is 1.49. The molecular formula is C24H16O10. The van der Waals surface area contributed by atoms with Gasteiger partial charge in [-0.25, -0.2) is 28.8 Å². The van der Waals surface area contributed by atoms with Gasteiger partial charge in [-0.1, -0.05) is 0 Å². The van der Waals surface area contributed by atoms with Crippen molar-refractivity contribution >= 4 is 35.8 Å². The first-order valence-corrected chi connectivity index (χ1v) is 10.5. The molecule has 0 saturated heterocycles. The van der Waals surface area contributed by atoms with Gasteiger partial charge < -0.3 is 19.7 Å². The lowest BCUT2D eigenvalue weighted by molar-refractivity contribution is 0.0424. The number of ether oxygens (including phenoxy) is 2. The molecule has 2 aromatic carbocycles. The van der Waals surface area contributed by atoms with Crippen molar-refractivity contribution in [2.75, 3.05) is 0 Å². The lowest BCUT2D eigenvalue weighted by Gasteiger charge is -2.30. The molecule has 34 heavy (non-hydrogen) atoms. The largest absolute Gasteiger partial charge is 0.478 e. The van der Waals surface area contributed by atoms with Crippen molar-refractivity contribution in [2.45, 2.75) is 37.5 Å². The van der Waals surface area contributed by atoms with Gasteiger partial charge in [-0.05, 0) is 72.9 Å². The molecule has 0 amide bonds. The maximum absolute atomic E-state index is 12.3. The number of carbonyl (C=O) groups is 6. The molecule has 5 rings (SSSR count). The molecule has 10 heteroatoms. The summed E-state index contributed by atoms with van der Waals surface area (Å²) in [5.41, 5.74) is 0.575. The van der Waals surface area contributed by atoms with Crippen molar-refractivity contribution in [3.63, 3.8) is 0 Å². The molecule has 3 aliphatic rings. The van der Waals surface area contributed by atoms with Gasteiger partial charge >= 0.3 is 35.8 Å². The smallest absolute Gasteiger partial charge is 0.347 e.